The van der Waals surface area contributed by atoms with Crippen LogP contribution in [0.3, 0.4) is 0 Å². The summed E-state index contributed by atoms with van der Waals surface area (Å²) in [5, 5.41) is 22.2. The number of hydrogen-bond donors (Lipinski definition) is 2. The second kappa shape index (κ2) is 6.26. The maximum absolute atomic E-state index is 9.69. The first-order valence-electron chi connectivity index (χ1n) is 6.37. The first-order chi connectivity index (χ1) is 7.01. The molecule has 2 N–H and O–H groups in total. The van der Waals surface area contributed by atoms with Gasteiger partial charge in [-0.3, -0.25) is 0 Å². The van der Waals surface area contributed by atoms with E-state index in [2.05, 4.69) is 11.5 Å². The third-order valence-corrected chi connectivity index (χ3v) is 10.8. The van der Waals surface area contributed by atoms with Crippen LogP contribution in [0.1, 0.15) is 38.5 Å². The molecule has 15 heavy (non-hydrogen) atoms. The van der Waals surface area contributed by atoms with Gasteiger partial charge in [-0.05, 0) is 0 Å². The van der Waals surface area contributed by atoms with Crippen LogP contribution in [0.15, 0.2) is 0 Å². The Kier molecular flexibility index (Phi) is 5.65. The fourth-order valence-corrected chi connectivity index (χ4v) is 8.01. The maximum atomic E-state index is 9.69. The summed E-state index contributed by atoms with van der Waals surface area (Å²) < 4.78 is 0. The van der Waals surface area contributed by atoms with Crippen molar-refractivity contribution >= 4 is 13.3 Å². The molecule has 0 aromatic heterocycles. The van der Waals surface area contributed by atoms with Gasteiger partial charge in [0.1, 0.15) is 0 Å². The van der Waals surface area contributed by atoms with Crippen LogP contribution in [0.4, 0.5) is 0 Å². The van der Waals surface area contributed by atoms with E-state index in [9.17, 15) is 10.2 Å². The molecule has 1 saturated heterocycles. The fourth-order valence-electron chi connectivity index (χ4n) is 2.42. The molecule has 1 fully saturated rings. The molecule has 2 unspecified atom stereocenters. The molecule has 0 aromatic carbocycles. The summed E-state index contributed by atoms with van der Waals surface area (Å²) in [6.45, 7) is 0. The predicted molar refractivity (Wildman–Crippen MR) is 66.8 cm³/mol. The fraction of sp³-hybridized carbons (Fsp3) is 1.00. The predicted octanol–water partition coefficient (Wildman–Crippen LogP) is 2.77. The summed E-state index contributed by atoms with van der Waals surface area (Å²) >= 11 is -1.45. The minimum absolute atomic E-state index is 0.473. The van der Waals surface area contributed by atoms with E-state index >= 15 is 0 Å². The van der Waals surface area contributed by atoms with Crippen molar-refractivity contribution in [2.24, 2.45) is 0 Å². The first kappa shape index (κ1) is 13.5. The molecule has 0 bridgehead atoms. The van der Waals surface area contributed by atoms with Gasteiger partial charge in [0.2, 0.25) is 0 Å². The zero-order chi connectivity index (χ0) is 11.3. The average Bonchev–Trinajstić information content (AvgIpc) is 2.19. The molecule has 2 nitrogen and oxygen atoms in total. The van der Waals surface area contributed by atoms with Crippen LogP contribution in [0.2, 0.25) is 22.0 Å². The van der Waals surface area contributed by atoms with E-state index in [-0.39, 0.29) is 0 Å². The Bertz CT molecular complexity index is 164. The van der Waals surface area contributed by atoms with E-state index in [1.165, 1.54) is 23.3 Å². The van der Waals surface area contributed by atoms with Crippen molar-refractivity contribution in [2.75, 3.05) is 0 Å². The van der Waals surface area contributed by atoms with Crippen LogP contribution < -0.4 is 0 Å². The van der Waals surface area contributed by atoms with Crippen LogP contribution in [0, 0.1) is 0 Å². The van der Waals surface area contributed by atoms with Crippen molar-refractivity contribution in [3.8, 4) is 0 Å². The van der Waals surface area contributed by atoms with Crippen LogP contribution in [0.25, 0.3) is 0 Å². The normalized spacial score (nSPS) is 34.4. The van der Waals surface area contributed by atoms with Crippen LogP contribution in [-0.4, -0.2) is 35.7 Å². The Morgan fingerprint density at radius 1 is 0.800 bits per heavy atom. The van der Waals surface area contributed by atoms with Crippen molar-refractivity contribution < 1.29 is 10.2 Å². The summed E-state index contributed by atoms with van der Waals surface area (Å²) in [6, 6.07) is 0. The van der Waals surface area contributed by atoms with Gasteiger partial charge in [-0.2, -0.15) is 0 Å². The van der Waals surface area contributed by atoms with Crippen LogP contribution in [0.5, 0.6) is 0 Å². The average molecular weight is 275 g/mol. The molecule has 1 rings (SSSR count). The van der Waals surface area contributed by atoms with Crippen LogP contribution >= 0.6 is 0 Å². The second-order valence-electron chi connectivity index (χ2n) is 5.79. The summed E-state index contributed by atoms with van der Waals surface area (Å²) in [5.41, 5.74) is 0. The Balaban J connectivity index is 2.43. The molecule has 1 aliphatic rings. The van der Waals surface area contributed by atoms with Gasteiger partial charge in [0.05, 0.1) is 0 Å². The van der Waals surface area contributed by atoms with E-state index in [0.717, 1.165) is 25.7 Å². The molecular formula is C12H26GeO2. The van der Waals surface area contributed by atoms with E-state index in [0.29, 0.717) is 0 Å². The van der Waals surface area contributed by atoms with Gasteiger partial charge in [0, 0.05) is 0 Å². The molecule has 0 amide bonds. The SMILES string of the molecule is [CH3][Ge]1([CH3])[CH2]CCCC(O)C(O)CCC[CH2]1. The van der Waals surface area contributed by atoms with E-state index < -0.39 is 25.5 Å². The topological polar surface area (TPSA) is 40.5 Å². The zero-order valence-electron chi connectivity index (χ0n) is 10.2. The van der Waals surface area contributed by atoms with Gasteiger partial charge in [-0.15, -0.1) is 0 Å². The van der Waals surface area contributed by atoms with Gasteiger partial charge >= 0.3 is 96.2 Å². The zero-order valence-corrected chi connectivity index (χ0v) is 12.3. The molecule has 0 aliphatic carbocycles. The molecule has 0 spiro atoms. The van der Waals surface area contributed by atoms with Gasteiger partial charge < -0.3 is 0 Å². The monoisotopic (exact) mass is 276 g/mol. The van der Waals surface area contributed by atoms with Gasteiger partial charge in [0.15, 0.2) is 0 Å². The van der Waals surface area contributed by atoms with Gasteiger partial charge in [-0.1, -0.05) is 0 Å². The van der Waals surface area contributed by atoms with Crippen LogP contribution in [-0.2, 0) is 0 Å². The van der Waals surface area contributed by atoms with Crippen molar-refractivity contribution in [1.82, 2.24) is 0 Å². The summed E-state index contributed by atoms with van der Waals surface area (Å²) in [6.07, 6.45) is 5.34. The number of rotatable bonds is 0. The molecule has 90 valence electrons. The Labute approximate surface area is 96.4 Å². The molecule has 2 atom stereocenters. The standard InChI is InChI=1S/C12H26GeO2/c1-13(2)9-5-3-7-11(14)12(15)8-4-6-10-13/h11-12,14-15H,3-10H2,1-2H3. The van der Waals surface area contributed by atoms with Crippen molar-refractivity contribution in [3.05, 3.63) is 0 Å². The molecule has 0 saturated carbocycles. The van der Waals surface area contributed by atoms with Crippen molar-refractivity contribution in [3.63, 3.8) is 0 Å². The first-order valence-corrected chi connectivity index (χ1v) is 13.5. The molecule has 0 aromatic rings. The minimum atomic E-state index is -1.45. The third-order valence-electron chi connectivity index (χ3n) is 3.65. The molecule has 0 radical (unpaired) electrons. The van der Waals surface area contributed by atoms with Crippen molar-refractivity contribution in [2.45, 2.75) is 72.8 Å². The van der Waals surface area contributed by atoms with Gasteiger partial charge in [0.25, 0.3) is 0 Å². The van der Waals surface area contributed by atoms with E-state index in [4.69, 9.17) is 0 Å². The molecular weight excluding hydrogens is 249 g/mol. The summed E-state index contributed by atoms with van der Waals surface area (Å²) in [4.78, 5) is 0. The molecule has 1 heterocycles. The quantitative estimate of drug-likeness (QED) is 0.667. The number of aliphatic hydroxyl groups excluding tert-OH is 2. The number of aliphatic hydroxyl groups is 2. The Morgan fingerprint density at radius 2 is 1.20 bits per heavy atom. The summed E-state index contributed by atoms with van der Waals surface area (Å²) in [7, 11) is 0. The number of hydrogen-bond acceptors (Lipinski definition) is 2. The van der Waals surface area contributed by atoms with E-state index in [1.54, 1.807) is 0 Å². The Morgan fingerprint density at radius 3 is 1.60 bits per heavy atom. The molecule has 3 heteroatoms. The third kappa shape index (κ3) is 5.36. The van der Waals surface area contributed by atoms with E-state index in [1.807, 2.05) is 0 Å². The Hall–Kier alpha value is 0.463. The summed E-state index contributed by atoms with van der Waals surface area (Å²) in [5.74, 6) is 5.04. The molecule has 1 aliphatic heterocycles. The van der Waals surface area contributed by atoms with Crippen molar-refractivity contribution in [1.29, 1.82) is 0 Å². The second-order valence-corrected chi connectivity index (χ2v) is 17.0. The van der Waals surface area contributed by atoms with Gasteiger partial charge in [-0.25, -0.2) is 0 Å².